The molecule has 0 radical (unpaired) electrons. The van der Waals surface area contributed by atoms with E-state index in [1.807, 2.05) is 17.4 Å². The molecular formula is C44H30N2S. The predicted molar refractivity (Wildman–Crippen MR) is 202 cm³/mol. The molecule has 0 spiro atoms. The maximum atomic E-state index is 3.56. The fourth-order valence-corrected chi connectivity index (χ4v) is 7.85. The van der Waals surface area contributed by atoms with Crippen molar-refractivity contribution in [2.75, 3.05) is 5.32 Å². The van der Waals surface area contributed by atoms with Gasteiger partial charge in [0.25, 0.3) is 0 Å². The van der Waals surface area contributed by atoms with Crippen molar-refractivity contribution >= 4 is 53.9 Å². The minimum Gasteiger partial charge on any atom is -0.356 e. The third-order valence-electron chi connectivity index (χ3n) is 9.01. The number of fused-ring (bicyclic) bond motifs is 5. The molecule has 0 aliphatic rings. The third kappa shape index (κ3) is 4.98. The Bertz CT molecular complexity index is 2490. The molecule has 0 saturated heterocycles. The van der Waals surface area contributed by atoms with Gasteiger partial charge in [0.15, 0.2) is 0 Å². The minimum absolute atomic E-state index is 1.07. The molecular weight excluding hydrogens is 589 g/mol. The van der Waals surface area contributed by atoms with Gasteiger partial charge in [0.2, 0.25) is 0 Å². The van der Waals surface area contributed by atoms with Crippen LogP contribution in [0.3, 0.4) is 0 Å². The molecule has 0 atom stereocenters. The molecule has 47 heavy (non-hydrogen) atoms. The summed E-state index contributed by atoms with van der Waals surface area (Å²) in [7, 11) is 0. The molecule has 7 aromatic carbocycles. The normalized spacial score (nSPS) is 11.4. The van der Waals surface area contributed by atoms with Crippen molar-refractivity contribution in [1.29, 1.82) is 0 Å². The van der Waals surface area contributed by atoms with Crippen LogP contribution >= 0.6 is 11.3 Å². The van der Waals surface area contributed by atoms with Crippen LogP contribution in [0.15, 0.2) is 176 Å². The number of thiophene rings is 1. The number of nitrogens with one attached hydrogen (secondary N) is 1. The summed E-state index contributed by atoms with van der Waals surface area (Å²) in [6.45, 7) is 0. The maximum absolute atomic E-state index is 3.56. The van der Waals surface area contributed by atoms with Gasteiger partial charge in [0.1, 0.15) is 0 Å². The topological polar surface area (TPSA) is 17.0 Å². The average molecular weight is 619 g/mol. The molecule has 0 amide bonds. The quantitative estimate of drug-likeness (QED) is 0.196. The van der Waals surface area contributed by atoms with Gasteiger partial charge in [0.05, 0.1) is 15.7 Å². The Labute approximate surface area is 277 Å². The van der Waals surface area contributed by atoms with Gasteiger partial charge < -0.3 is 9.88 Å². The van der Waals surface area contributed by atoms with Gasteiger partial charge in [-0.1, -0.05) is 121 Å². The molecule has 222 valence electrons. The van der Waals surface area contributed by atoms with Crippen LogP contribution in [0.1, 0.15) is 0 Å². The summed E-state index contributed by atoms with van der Waals surface area (Å²) in [5.41, 5.74) is 13.1. The zero-order valence-corrected chi connectivity index (χ0v) is 26.4. The van der Waals surface area contributed by atoms with Crippen LogP contribution in [0, 0.1) is 0 Å². The highest BCUT2D eigenvalue weighted by atomic mass is 32.1. The molecule has 9 aromatic rings. The van der Waals surface area contributed by atoms with Crippen molar-refractivity contribution in [2.24, 2.45) is 0 Å². The van der Waals surface area contributed by atoms with E-state index in [9.17, 15) is 0 Å². The van der Waals surface area contributed by atoms with Crippen molar-refractivity contribution in [3.8, 4) is 39.1 Å². The molecule has 0 fully saturated rings. The zero-order valence-electron chi connectivity index (χ0n) is 25.6. The number of hydrogen-bond acceptors (Lipinski definition) is 2. The largest absolute Gasteiger partial charge is 0.356 e. The van der Waals surface area contributed by atoms with Crippen LogP contribution < -0.4 is 5.32 Å². The molecule has 9 rings (SSSR count). The lowest BCUT2D eigenvalue weighted by atomic mass is 10.0. The second-order valence-electron chi connectivity index (χ2n) is 11.9. The fourth-order valence-electron chi connectivity index (χ4n) is 6.64. The summed E-state index contributed by atoms with van der Waals surface area (Å²) in [5, 5.41) is 6.14. The van der Waals surface area contributed by atoms with E-state index in [0.29, 0.717) is 0 Å². The van der Waals surface area contributed by atoms with Crippen molar-refractivity contribution < 1.29 is 0 Å². The summed E-state index contributed by atoms with van der Waals surface area (Å²) in [6.07, 6.45) is 0. The average Bonchev–Trinajstić information content (AvgIpc) is 3.68. The lowest BCUT2D eigenvalue weighted by Crippen LogP contribution is -1.94. The van der Waals surface area contributed by atoms with E-state index < -0.39 is 0 Å². The van der Waals surface area contributed by atoms with Gasteiger partial charge in [-0.2, -0.15) is 0 Å². The summed E-state index contributed by atoms with van der Waals surface area (Å²) in [5.74, 6) is 0. The second kappa shape index (κ2) is 11.5. The molecule has 0 saturated carbocycles. The first-order valence-corrected chi connectivity index (χ1v) is 16.7. The van der Waals surface area contributed by atoms with E-state index in [0.717, 1.165) is 11.4 Å². The zero-order chi connectivity index (χ0) is 31.2. The first kappa shape index (κ1) is 27.4. The highest BCUT2D eigenvalue weighted by Crippen LogP contribution is 2.43. The minimum atomic E-state index is 1.07. The van der Waals surface area contributed by atoms with E-state index in [-0.39, 0.29) is 0 Å². The molecule has 2 aromatic heterocycles. The van der Waals surface area contributed by atoms with Crippen LogP contribution in [-0.4, -0.2) is 4.57 Å². The third-order valence-corrected chi connectivity index (χ3v) is 10.2. The van der Waals surface area contributed by atoms with Gasteiger partial charge >= 0.3 is 0 Å². The smallest absolute Gasteiger partial charge is 0.0727 e. The Kier molecular flexibility index (Phi) is 6.69. The number of benzene rings is 7. The first-order valence-electron chi connectivity index (χ1n) is 15.9. The summed E-state index contributed by atoms with van der Waals surface area (Å²) in [6, 6.07) is 63.1. The lowest BCUT2D eigenvalue weighted by molar-refractivity contribution is 1.19. The highest BCUT2D eigenvalue weighted by molar-refractivity contribution is 7.26. The van der Waals surface area contributed by atoms with Crippen molar-refractivity contribution in [3.05, 3.63) is 176 Å². The molecule has 0 aliphatic carbocycles. The van der Waals surface area contributed by atoms with Crippen molar-refractivity contribution in [1.82, 2.24) is 4.57 Å². The Balaban J connectivity index is 1.06. The SMILES string of the molecule is c1ccc(-c2ccc(Nc3ccc(-c4ccc5c(c4)c4sc6ccccc6c4n5-c4ccc(-c5ccccc5)cc4)cc3)cc2)cc1. The van der Waals surface area contributed by atoms with Crippen LogP contribution in [0.25, 0.3) is 70.3 Å². The molecule has 0 unspecified atom stereocenters. The number of nitrogens with zero attached hydrogens (tertiary/aromatic N) is 1. The monoisotopic (exact) mass is 618 g/mol. The number of aromatic nitrogens is 1. The van der Waals surface area contributed by atoms with Crippen LogP contribution in [-0.2, 0) is 0 Å². The van der Waals surface area contributed by atoms with E-state index in [1.54, 1.807) is 0 Å². The number of anilines is 2. The van der Waals surface area contributed by atoms with E-state index >= 15 is 0 Å². The Morgan fingerprint density at radius 1 is 0.404 bits per heavy atom. The lowest BCUT2D eigenvalue weighted by Gasteiger charge is -2.11. The molecule has 0 aliphatic heterocycles. The van der Waals surface area contributed by atoms with Crippen molar-refractivity contribution in [3.63, 3.8) is 0 Å². The fraction of sp³-hybridized carbons (Fsp3) is 0. The number of rotatable bonds is 6. The molecule has 0 bridgehead atoms. The molecule has 1 N–H and O–H groups in total. The Morgan fingerprint density at radius 2 is 0.894 bits per heavy atom. The van der Waals surface area contributed by atoms with Gasteiger partial charge in [0, 0.05) is 32.5 Å². The maximum Gasteiger partial charge on any atom is 0.0727 e. The van der Waals surface area contributed by atoms with Gasteiger partial charge in [-0.15, -0.1) is 11.3 Å². The van der Waals surface area contributed by atoms with Gasteiger partial charge in [-0.3, -0.25) is 0 Å². The predicted octanol–water partition coefficient (Wildman–Crippen LogP) is 12.7. The van der Waals surface area contributed by atoms with E-state index in [2.05, 4.69) is 180 Å². The van der Waals surface area contributed by atoms with Crippen LogP contribution in [0.2, 0.25) is 0 Å². The van der Waals surface area contributed by atoms with Crippen LogP contribution in [0.5, 0.6) is 0 Å². The standard InChI is InChI=1S/C44H30N2S/c1-3-9-30(10-4-1)32-15-22-36(23-16-32)45-37-24-17-34(18-25-37)35-21-28-41-40(29-35)44-43(39-13-7-8-14-42(39)47-44)46(41)38-26-19-33(20-27-38)31-11-5-2-6-12-31/h1-29,45H. The molecule has 3 heteroatoms. The summed E-state index contributed by atoms with van der Waals surface area (Å²) in [4.78, 5) is 0. The van der Waals surface area contributed by atoms with Gasteiger partial charge in [-0.25, -0.2) is 0 Å². The first-order chi connectivity index (χ1) is 23.3. The molecule has 2 nitrogen and oxygen atoms in total. The Morgan fingerprint density at radius 3 is 1.51 bits per heavy atom. The van der Waals surface area contributed by atoms with Crippen molar-refractivity contribution in [2.45, 2.75) is 0 Å². The summed E-state index contributed by atoms with van der Waals surface area (Å²) < 4.78 is 5.08. The second-order valence-corrected chi connectivity index (χ2v) is 13.0. The van der Waals surface area contributed by atoms with E-state index in [1.165, 1.54) is 70.3 Å². The van der Waals surface area contributed by atoms with Crippen LogP contribution in [0.4, 0.5) is 11.4 Å². The van der Waals surface area contributed by atoms with E-state index in [4.69, 9.17) is 0 Å². The van der Waals surface area contributed by atoms with Gasteiger partial charge in [-0.05, 0) is 88.0 Å². The Hall–Kier alpha value is -5.90. The molecule has 2 heterocycles. The highest BCUT2D eigenvalue weighted by Gasteiger charge is 2.18. The summed E-state index contributed by atoms with van der Waals surface area (Å²) >= 11 is 1.88. The number of hydrogen-bond donors (Lipinski definition) is 1.